The van der Waals surface area contributed by atoms with Crippen LogP contribution < -0.4 is 4.74 Å². The third-order valence-electron chi connectivity index (χ3n) is 7.67. The molecule has 0 bridgehead atoms. The number of pyridine rings is 1. The summed E-state index contributed by atoms with van der Waals surface area (Å²) in [5.74, 6) is 6.45. The quantitative estimate of drug-likeness (QED) is 0.587. The Morgan fingerprint density at radius 1 is 1.24 bits per heavy atom. The second kappa shape index (κ2) is 12.9. The van der Waals surface area contributed by atoms with Crippen molar-refractivity contribution < 1.29 is 19.4 Å². The van der Waals surface area contributed by atoms with E-state index in [9.17, 15) is 14.7 Å². The number of benzene rings is 1. The molecule has 1 aliphatic carbocycles. The average molecular weight is 518 g/mol. The molecule has 3 atom stereocenters. The van der Waals surface area contributed by atoms with Gasteiger partial charge in [0, 0.05) is 43.6 Å². The predicted octanol–water partition coefficient (Wildman–Crippen LogP) is 3.93. The Morgan fingerprint density at radius 2 is 1.97 bits per heavy atom. The summed E-state index contributed by atoms with van der Waals surface area (Å²) in [7, 11) is 1.84. The van der Waals surface area contributed by atoms with Crippen molar-refractivity contribution in [3.8, 4) is 17.7 Å². The predicted molar refractivity (Wildman–Crippen MR) is 147 cm³/mol. The maximum absolute atomic E-state index is 13.6. The van der Waals surface area contributed by atoms with E-state index in [0.717, 1.165) is 31.2 Å². The highest BCUT2D eigenvalue weighted by atomic mass is 16.5. The molecule has 202 valence electrons. The van der Waals surface area contributed by atoms with Gasteiger partial charge in [0.05, 0.1) is 19.2 Å². The second-order valence-electron chi connectivity index (χ2n) is 10.7. The van der Waals surface area contributed by atoms with Crippen molar-refractivity contribution in [1.82, 2.24) is 14.8 Å². The van der Waals surface area contributed by atoms with E-state index in [2.05, 4.69) is 16.8 Å². The van der Waals surface area contributed by atoms with Gasteiger partial charge in [-0.3, -0.25) is 9.59 Å². The summed E-state index contributed by atoms with van der Waals surface area (Å²) >= 11 is 0. The Labute approximate surface area is 226 Å². The molecule has 1 fully saturated rings. The first kappa shape index (κ1) is 27.7. The summed E-state index contributed by atoms with van der Waals surface area (Å²) in [5.41, 5.74) is 2.07. The van der Waals surface area contributed by atoms with Gasteiger partial charge in [-0.15, -0.1) is 0 Å². The van der Waals surface area contributed by atoms with E-state index < -0.39 is 0 Å². The lowest BCUT2D eigenvalue weighted by Crippen LogP contribution is -2.51. The SMILES string of the molecule is C[C@@H]1CN([C@H](C)CO)C(=O)c2cc(C#CCc3ccccc3)cnc2O[C@H]1CN(C)C(=O)C1CCCCC1. The number of hydrogen-bond acceptors (Lipinski definition) is 5. The summed E-state index contributed by atoms with van der Waals surface area (Å²) in [6, 6.07) is 11.3. The first-order valence-electron chi connectivity index (χ1n) is 13.7. The lowest BCUT2D eigenvalue weighted by atomic mass is 9.88. The number of fused-ring (bicyclic) bond motifs is 1. The second-order valence-corrected chi connectivity index (χ2v) is 10.7. The van der Waals surface area contributed by atoms with E-state index in [-0.39, 0.29) is 48.3 Å². The smallest absolute Gasteiger partial charge is 0.259 e. The van der Waals surface area contributed by atoms with Crippen molar-refractivity contribution in [3.05, 3.63) is 59.3 Å². The van der Waals surface area contributed by atoms with Crippen molar-refractivity contribution >= 4 is 11.8 Å². The van der Waals surface area contributed by atoms with Gasteiger partial charge in [0.2, 0.25) is 11.8 Å². The molecule has 38 heavy (non-hydrogen) atoms. The minimum atomic E-state index is -0.369. The molecule has 2 aromatic rings. The Kier molecular flexibility index (Phi) is 9.41. The maximum Gasteiger partial charge on any atom is 0.259 e. The van der Waals surface area contributed by atoms with Crippen LogP contribution >= 0.6 is 0 Å². The Morgan fingerprint density at radius 3 is 2.68 bits per heavy atom. The van der Waals surface area contributed by atoms with Gasteiger partial charge in [-0.25, -0.2) is 4.98 Å². The van der Waals surface area contributed by atoms with Gasteiger partial charge < -0.3 is 19.6 Å². The lowest BCUT2D eigenvalue weighted by Gasteiger charge is -2.38. The molecular weight excluding hydrogens is 478 g/mol. The largest absolute Gasteiger partial charge is 0.472 e. The Bertz CT molecular complexity index is 1170. The fraction of sp³-hybridized carbons (Fsp3) is 0.516. The van der Waals surface area contributed by atoms with Gasteiger partial charge in [-0.1, -0.05) is 68.4 Å². The highest BCUT2D eigenvalue weighted by Crippen LogP contribution is 2.29. The van der Waals surface area contributed by atoms with E-state index in [0.29, 0.717) is 30.6 Å². The molecule has 1 aromatic carbocycles. The fourth-order valence-electron chi connectivity index (χ4n) is 5.25. The van der Waals surface area contributed by atoms with Crippen molar-refractivity contribution in [3.63, 3.8) is 0 Å². The van der Waals surface area contributed by atoms with Crippen LogP contribution in [0, 0.1) is 23.7 Å². The summed E-state index contributed by atoms with van der Waals surface area (Å²) in [4.78, 5) is 34.7. The van der Waals surface area contributed by atoms with Gasteiger partial charge in [0.25, 0.3) is 5.91 Å². The molecule has 0 saturated heterocycles. The molecule has 0 radical (unpaired) electrons. The van der Waals surface area contributed by atoms with Gasteiger partial charge in [-0.2, -0.15) is 0 Å². The zero-order valence-electron chi connectivity index (χ0n) is 22.7. The van der Waals surface area contributed by atoms with Crippen LogP contribution in [-0.4, -0.2) is 70.6 Å². The van der Waals surface area contributed by atoms with E-state index >= 15 is 0 Å². The van der Waals surface area contributed by atoms with Crippen LogP contribution in [-0.2, 0) is 11.2 Å². The van der Waals surface area contributed by atoms with Crippen molar-refractivity contribution in [2.45, 2.75) is 64.5 Å². The number of aliphatic hydroxyl groups is 1. The number of rotatable bonds is 6. The standard InChI is InChI=1S/C31H39N3O4/c1-22-19-34(23(2)21-35)31(37)27-17-25(14-10-13-24-11-6-4-7-12-24)18-32-29(27)38-28(22)20-33(3)30(36)26-15-8-5-9-16-26/h4,6-7,11-12,17-18,22-23,26,28,35H,5,8-9,13,15-16,19-21H2,1-3H3/t22-,23-,28+/m1/s1. The third-order valence-corrected chi connectivity index (χ3v) is 7.67. The number of carbonyl (C=O) groups is 2. The molecular formula is C31H39N3O4. The van der Waals surface area contributed by atoms with Crippen LogP contribution in [0.25, 0.3) is 0 Å². The maximum atomic E-state index is 13.6. The normalized spacial score (nSPS) is 20.7. The molecule has 2 amide bonds. The summed E-state index contributed by atoms with van der Waals surface area (Å²) in [6.07, 6.45) is 7.16. The summed E-state index contributed by atoms with van der Waals surface area (Å²) < 4.78 is 6.36. The molecule has 7 nitrogen and oxygen atoms in total. The van der Waals surface area contributed by atoms with Gasteiger partial charge in [0.1, 0.15) is 11.7 Å². The minimum absolute atomic E-state index is 0.0742. The highest BCUT2D eigenvalue weighted by Gasteiger charge is 2.35. The molecule has 1 aliphatic heterocycles. The molecule has 2 aliphatic rings. The molecule has 1 N–H and O–H groups in total. The zero-order valence-corrected chi connectivity index (χ0v) is 22.7. The van der Waals surface area contributed by atoms with Crippen LogP contribution in [0.2, 0.25) is 0 Å². The highest BCUT2D eigenvalue weighted by molar-refractivity contribution is 5.97. The minimum Gasteiger partial charge on any atom is -0.472 e. The third kappa shape index (κ3) is 6.73. The lowest BCUT2D eigenvalue weighted by molar-refractivity contribution is -0.136. The summed E-state index contributed by atoms with van der Waals surface area (Å²) in [5, 5.41) is 9.89. The number of aromatic nitrogens is 1. The number of carbonyl (C=O) groups excluding carboxylic acids is 2. The number of hydrogen-bond donors (Lipinski definition) is 1. The molecule has 7 heteroatoms. The monoisotopic (exact) mass is 517 g/mol. The number of likely N-dealkylation sites (N-methyl/N-ethyl adjacent to an activating group) is 1. The molecule has 1 aromatic heterocycles. The van der Waals surface area contributed by atoms with Crippen LogP contribution in [0.3, 0.4) is 0 Å². The van der Waals surface area contributed by atoms with Gasteiger partial charge >= 0.3 is 0 Å². The molecule has 0 spiro atoms. The Balaban J connectivity index is 1.58. The summed E-state index contributed by atoms with van der Waals surface area (Å²) in [6.45, 7) is 4.51. The van der Waals surface area contributed by atoms with Gasteiger partial charge in [-0.05, 0) is 31.4 Å². The average Bonchev–Trinajstić information content (AvgIpc) is 2.95. The molecule has 2 heterocycles. The fourth-order valence-corrected chi connectivity index (χ4v) is 5.25. The van der Waals surface area contributed by atoms with Crippen LogP contribution in [0.5, 0.6) is 5.88 Å². The van der Waals surface area contributed by atoms with E-state index in [4.69, 9.17) is 4.74 Å². The zero-order chi connectivity index (χ0) is 27.1. The van der Waals surface area contributed by atoms with Crippen molar-refractivity contribution in [2.75, 3.05) is 26.7 Å². The van der Waals surface area contributed by atoms with E-state index in [1.165, 1.54) is 6.42 Å². The number of amides is 2. The number of aliphatic hydroxyl groups excluding tert-OH is 1. The topological polar surface area (TPSA) is 83.0 Å². The van der Waals surface area contributed by atoms with Crippen molar-refractivity contribution in [2.24, 2.45) is 11.8 Å². The first-order valence-corrected chi connectivity index (χ1v) is 13.7. The number of nitrogens with zero attached hydrogens (tertiary/aromatic N) is 3. The molecule has 0 unspecified atom stereocenters. The van der Waals surface area contributed by atoms with E-state index in [1.54, 1.807) is 22.1 Å². The Hall–Kier alpha value is -3.37. The van der Waals surface area contributed by atoms with Crippen LogP contribution in [0.4, 0.5) is 0 Å². The van der Waals surface area contributed by atoms with Crippen LogP contribution in [0.15, 0.2) is 42.6 Å². The molecule has 1 saturated carbocycles. The van der Waals surface area contributed by atoms with Gasteiger partial charge in [0.15, 0.2) is 0 Å². The van der Waals surface area contributed by atoms with Crippen LogP contribution in [0.1, 0.15) is 67.4 Å². The number of ether oxygens (including phenoxy) is 1. The van der Waals surface area contributed by atoms with Crippen molar-refractivity contribution in [1.29, 1.82) is 0 Å². The van der Waals surface area contributed by atoms with E-state index in [1.807, 2.05) is 51.2 Å². The molecule has 4 rings (SSSR count). The first-order chi connectivity index (χ1) is 18.4.